The number of thioether (sulfide) groups is 1. The van der Waals surface area contributed by atoms with Gasteiger partial charge in [-0.05, 0) is 18.1 Å². The fourth-order valence-electron chi connectivity index (χ4n) is 2.19. The topological polar surface area (TPSA) is 41.9 Å². The second kappa shape index (κ2) is 6.10. The Balaban J connectivity index is 1.77. The lowest BCUT2D eigenvalue weighted by atomic mass is 10.1. The molecule has 1 fully saturated rings. The van der Waals surface area contributed by atoms with Gasteiger partial charge < -0.3 is 4.90 Å². The van der Waals surface area contributed by atoms with Gasteiger partial charge in [-0.25, -0.2) is 0 Å². The standard InChI is InChI=1S/C14H18N4S2/c1-10(2)12-9-18(7-8-19-12)14-17-16-13(20-14)11-5-3-4-6-15-11/h3-6,10,12H,7-9H2,1-2H3. The summed E-state index contributed by atoms with van der Waals surface area (Å²) in [5, 5.41) is 11.3. The van der Waals surface area contributed by atoms with Crippen molar-refractivity contribution < 1.29 is 0 Å². The summed E-state index contributed by atoms with van der Waals surface area (Å²) in [5.41, 5.74) is 0.906. The molecule has 3 heterocycles. The normalized spacial score (nSPS) is 19.6. The van der Waals surface area contributed by atoms with Gasteiger partial charge >= 0.3 is 0 Å². The molecule has 106 valence electrons. The molecule has 0 radical (unpaired) electrons. The third kappa shape index (κ3) is 2.96. The maximum atomic E-state index is 4.36. The summed E-state index contributed by atoms with van der Waals surface area (Å²) in [4.78, 5) is 6.70. The van der Waals surface area contributed by atoms with Crippen LogP contribution in [0.5, 0.6) is 0 Å². The monoisotopic (exact) mass is 306 g/mol. The van der Waals surface area contributed by atoms with Crippen LogP contribution in [0, 0.1) is 5.92 Å². The van der Waals surface area contributed by atoms with Crippen molar-refractivity contribution in [1.82, 2.24) is 15.2 Å². The van der Waals surface area contributed by atoms with E-state index in [9.17, 15) is 0 Å². The predicted molar refractivity (Wildman–Crippen MR) is 86.4 cm³/mol. The van der Waals surface area contributed by atoms with Crippen molar-refractivity contribution in [3.8, 4) is 10.7 Å². The molecular formula is C14H18N4S2. The highest BCUT2D eigenvalue weighted by Crippen LogP contribution is 2.32. The number of pyridine rings is 1. The fourth-order valence-corrected chi connectivity index (χ4v) is 4.34. The van der Waals surface area contributed by atoms with E-state index in [2.05, 4.69) is 45.7 Å². The minimum absolute atomic E-state index is 0.686. The summed E-state index contributed by atoms with van der Waals surface area (Å²) in [6.07, 6.45) is 1.79. The van der Waals surface area contributed by atoms with Crippen LogP contribution in [0.1, 0.15) is 13.8 Å². The quantitative estimate of drug-likeness (QED) is 0.871. The van der Waals surface area contributed by atoms with Crippen LogP contribution in [-0.4, -0.2) is 39.3 Å². The fraction of sp³-hybridized carbons (Fsp3) is 0.500. The van der Waals surface area contributed by atoms with Gasteiger partial charge in [-0.1, -0.05) is 31.3 Å². The summed E-state index contributed by atoms with van der Waals surface area (Å²) in [5.74, 6) is 1.87. The Morgan fingerprint density at radius 1 is 1.30 bits per heavy atom. The van der Waals surface area contributed by atoms with E-state index in [0.717, 1.165) is 28.9 Å². The van der Waals surface area contributed by atoms with Crippen molar-refractivity contribution in [3.63, 3.8) is 0 Å². The van der Waals surface area contributed by atoms with Gasteiger partial charge in [0, 0.05) is 30.3 Å². The average molecular weight is 306 g/mol. The van der Waals surface area contributed by atoms with E-state index in [0.29, 0.717) is 11.2 Å². The molecule has 0 aromatic carbocycles. The first-order chi connectivity index (χ1) is 9.74. The first kappa shape index (κ1) is 13.8. The van der Waals surface area contributed by atoms with Crippen LogP contribution in [-0.2, 0) is 0 Å². The highest BCUT2D eigenvalue weighted by molar-refractivity contribution is 8.00. The van der Waals surface area contributed by atoms with Gasteiger partial charge in [0.05, 0.1) is 0 Å². The van der Waals surface area contributed by atoms with Crippen LogP contribution >= 0.6 is 23.1 Å². The van der Waals surface area contributed by atoms with Gasteiger partial charge in [0.1, 0.15) is 5.69 Å². The predicted octanol–water partition coefficient (Wildman–Crippen LogP) is 3.18. The van der Waals surface area contributed by atoms with Gasteiger partial charge in [0.2, 0.25) is 5.13 Å². The molecule has 1 saturated heterocycles. The highest BCUT2D eigenvalue weighted by atomic mass is 32.2. The minimum atomic E-state index is 0.686. The van der Waals surface area contributed by atoms with Crippen molar-refractivity contribution >= 4 is 28.2 Å². The molecule has 0 saturated carbocycles. The molecule has 2 aromatic heterocycles. The van der Waals surface area contributed by atoms with E-state index in [1.165, 1.54) is 5.75 Å². The van der Waals surface area contributed by atoms with Crippen molar-refractivity contribution in [2.75, 3.05) is 23.7 Å². The Morgan fingerprint density at radius 3 is 2.95 bits per heavy atom. The first-order valence-electron chi connectivity index (χ1n) is 6.85. The van der Waals surface area contributed by atoms with E-state index in [1.807, 2.05) is 18.2 Å². The van der Waals surface area contributed by atoms with E-state index in [-0.39, 0.29) is 0 Å². The maximum Gasteiger partial charge on any atom is 0.208 e. The number of hydrogen-bond donors (Lipinski definition) is 0. The molecule has 6 heteroatoms. The van der Waals surface area contributed by atoms with Gasteiger partial charge in [-0.15, -0.1) is 10.2 Å². The zero-order valence-corrected chi connectivity index (χ0v) is 13.3. The van der Waals surface area contributed by atoms with Crippen LogP contribution in [0.25, 0.3) is 10.7 Å². The van der Waals surface area contributed by atoms with Crippen LogP contribution in [0.4, 0.5) is 5.13 Å². The van der Waals surface area contributed by atoms with Gasteiger partial charge in [-0.3, -0.25) is 4.98 Å². The van der Waals surface area contributed by atoms with E-state index in [4.69, 9.17) is 0 Å². The van der Waals surface area contributed by atoms with E-state index in [1.54, 1.807) is 17.5 Å². The highest BCUT2D eigenvalue weighted by Gasteiger charge is 2.25. The molecule has 2 aromatic rings. The number of aromatic nitrogens is 3. The van der Waals surface area contributed by atoms with Crippen LogP contribution < -0.4 is 4.90 Å². The van der Waals surface area contributed by atoms with Gasteiger partial charge in [0.15, 0.2) is 5.01 Å². The summed E-state index contributed by atoms with van der Waals surface area (Å²) in [6.45, 7) is 6.71. The lowest BCUT2D eigenvalue weighted by molar-refractivity contribution is 0.581. The second-order valence-electron chi connectivity index (χ2n) is 5.20. The first-order valence-corrected chi connectivity index (χ1v) is 8.72. The minimum Gasteiger partial charge on any atom is -0.345 e. The smallest absolute Gasteiger partial charge is 0.208 e. The molecule has 1 aliphatic rings. The molecule has 20 heavy (non-hydrogen) atoms. The summed E-state index contributed by atoms with van der Waals surface area (Å²) >= 11 is 3.71. The van der Waals surface area contributed by atoms with Gasteiger partial charge in [0.25, 0.3) is 0 Å². The molecule has 4 nitrogen and oxygen atoms in total. The van der Waals surface area contributed by atoms with Crippen LogP contribution in [0.15, 0.2) is 24.4 Å². The molecule has 1 atom stereocenters. The largest absolute Gasteiger partial charge is 0.345 e. The van der Waals surface area contributed by atoms with Crippen molar-refractivity contribution in [2.24, 2.45) is 5.92 Å². The second-order valence-corrected chi connectivity index (χ2v) is 7.51. The van der Waals surface area contributed by atoms with E-state index < -0.39 is 0 Å². The zero-order valence-electron chi connectivity index (χ0n) is 11.7. The SMILES string of the molecule is CC(C)C1CN(c2nnc(-c3ccccn3)s2)CCS1. The van der Waals surface area contributed by atoms with Crippen molar-refractivity contribution in [2.45, 2.75) is 19.1 Å². The Labute approximate surface area is 127 Å². The molecule has 0 aliphatic carbocycles. The lowest BCUT2D eigenvalue weighted by Crippen LogP contribution is -2.39. The molecule has 1 unspecified atom stereocenters. The molecule has 3 rings (SSSR count). The zero-order chi connectivity index (χ0) is 13.9. The third-order valence-electron chi connectivity index (χ3n) is 3.41. The number of nitrogens with zero attached hydrogens (tertiary/aromatic N) is 4. The van der Waals surface area contributed by atoms with Crippen molar-refractivity contribution in [3.05, 3.63) is 24.4 Å². The Bertz CT molecular complexity index is 555. The van der Waals surface area contributed by atoms with E-state index >= 15 is 0 Å². The molecule has 1 aliphatic heterocycles. The number of anilines is 1. The summed E-state index contributed by atoms with van der Waals surface area (Å²) in [6, 6.07) is 5.88. The number of rotatable bonds is 3. The Hall–Kier alpha value is -1.14. The number of hydrogen-bond acceptors (Lipinski definition) is 6. The van der Waals surface area contributed by atoms with Crippen LogP contribution in [0.3, 0.4) is 0 Å². The molecule has 0 bridgehead atoms. The summed E-state index contributed by atoms with van der Waals surface area (Å²) in [7, 11) is 0. The van der Waals surface area contributed by atoms with Gasteiger partial charge in [-0.2, -0.15) is 11.8 Å². The van der Waals surface area contributed by atoms with Crippen LogP contribution in [0.2, 0.25) is 0 Å². The third-order valence-corrected chi connectivity index (χ3v) is 5.95. The Morgan fingerprint density at radius 2 is 2.20 bits per heavy atom. The Kier molecular flexibility index (Phi) is 4.21. The molecular weight excluding hydrogens is 288 g/mol. The molecule has 0 spiro atoms. The summed E-state index contributed by atoms with van der Waals surface area (Å²) < 4.78 is 0. The lowest BCUT2D eigenvalue weighted by Gasteiger charge is -2.33. The molecule has 0 N–H and O–H groups in total. The van der Waals surface area contributed by atoms with Crippen molar-refractivity contribution in [1.29, 1.82) is 0 Å². The maximum absolute atomic E-state index is 4.36. The molecule has 0 amide bonds. The average Bonchev–Trinajstić information content (AvgIpc) is 2.98.